The van der Waals surface area contributed by atoms with E-state index in [9.17, 15) is 18.0 Å². The Kier molecular flexibility index (Phi) is 4.91. The van der Waals surface area contributed by atoms with Crippen LogP contribution in [0.5, 0.6) is 0 Å². The molecule has 130 valence electrons. The normalized spacial score (nSPS) is 20.8. The van der Waals surface area contributed by atoms with Gasteiger partial charge in [-0.25, -0.2) is 8.42 Å². The van der Waals surface area contributed by atoms with Crippen LogP contribution in [0, 0.1) is 0 Å². The minimum atomic E-state index is -3.75. The van der Waals surface area contributed by atoms with Gasteiger partial charge in [0.15, 0.2) is 0 Å². The number of hydrogen-bond donors (Lipinski definition) is 1. The van der Waals surface area contributed by atoms with Crippen molar-refractivity contribution in [2.45, 2.75) is 26.4 Å². The van der Waals surface area contributed by atoms with E-state index in [0.717, 1.165) is 6.92 Å². The van der Waals surface area contributed by atoms with Crippen molar-refractivity contribution >= 4 is 33.4 Å². The van der Waals surface area contributed by atoms with Crippen molar-refractivity contribution in [2.24, 2.45) is 0 Å². The second kappa shape index (κ2) is 6.45. The summed E-state index contributed by atoms with van der Waals surface area (Å²) >= 11 is 6.12. The summed E-state index contributed by atoms with van der Waals surface area (Å²) in [7, 11) is -3.75. The molecule has 1 heterocycles. The molecule has 0 saturated carbocycles. The summed E-state index contributed by atoms with van der Waals surface area (Å²) in [4.78, 5) is 24.0. The summed E-state index contributed by atoms with van der Waals surface area (Å²) < 4.78 is 36.2. The number of nitrogens with one attached hydrogen (secondary N) is 1. The molecule has 0 aromatic heterocycles. The van der Waals surface area contributed by atoms with E-state index in [1.807, 2.05) is 0 Å². The van der Waals surface area contributed by atoms with Crippen LogP contribution in [-0.4, -0.2) is 25.9 Å². The molecule has 24 heavy (non-hydrogen) atoms. The Balaban J connectivity index is 2.51. The van der Waals surface area contributed by atoms with E-state index in [1.54, 1.807) is 24.3 Å². The smallest absolute Gasteiger partial charge is 0.308 e. The molecule has 1 N–H and O–H groups in total. The lowest BCUT2D eigenvalue weighted by molar-refractivity contribution is -0.142. The number of ether oxygens (including phenoxy) is 2. The lowest BCUT2D eigenvalue weighted by atomic mass is 9.91. The molecule has 0 amide bonds. The van der Waals surface area contributed by atoms with Gasteiger partial charge in [-0.05, 0) is 19.9 Å². The maximum absolute atomic E-state index is 12.7. The predicted molar refractivity (Wildman–Crippen MR) is 86.3 cm³/mol. The molecule has 0 radical (unpaired) electrons. The number of carbonyl (C=O) groups excluding carboxylic acids is 2. The van der Waals surface area contributed by atoms with E-state index in [0.29, 0.717) is 5.56 Å². The molecule has 7 nitrogen and oxygen atoms in total. The summed E-state index contributed by atoms with van der Waals surface area (Å²) in [5.41, 5.74) is -1.29. The summed E-state index contributed by atoms with van der Waals surface area (Å²) in [6, 6.07) is 6.47. The maximum Gasteiger partial charge on any atom is 0.308 e. The van der Waals surface area contributed by atoms with Crippen LogP contribution in [0.15, 0.2) is 35.9 Å². The topological polar surface area (TPSA) is 98.8 Å². The van der Waals surface area contributed by atoms with E-state index < -0.39 is 39.0 Å². The molecule has 0 bridgehead atoms. The third-order valence-corrected chi connectivity index (χ3v) is 5.00. The number of hydrogen-bond acceptors (Lipinski definition) is 6. The van der Waals surface area contributed by atoms with Gasteiger partial charge in [0.25, 0.3) is 5.78 Å². The number of Topliss-reactive ketones (excluding diaryl/α,β-unsaturated/α-hetero) is 1. The molecule has 1 aliphatic rings. The standard InChI is InChI=1S/C15H16ClNO6S/c1-4-24(20,21)17-14-12(22-9(2)18)13(19)15(3,23-14)10-7-5-6-8-11(10)16/h5-8,17H,4H2,1-3H3. The molecule has 0 saturated heterocycles. The lowest BCUT2D eigenvalue weighted by Gasteiger charge is -2.24. The summed E-state index contributed by atoms with van der Waals surface area (Å²) in [5, 5.41) is 0.259. The minimum absolute atomic E-state index is 0.246. The van der Waals surface area contributed by atoms with Crippen molar-refractivity contribution in [3.05, 3.63) is 46.5 Å². The highest BCUT2D eigenvalue weighted by Gasteiger charge is 2.51. The van der Waals surface area contributed by atoms with Crippen LogP contribution >= 0.6 is 11.6 Å². The van der Waals surface area contributed by atoms with Crippen molar-refractivity contribution < 1.29 is 27.5 Å². The third kappa shape index (κ3) is 3.39. The van der Waals surface area contributed by atoms with E-state index in [4.69, 9.17) is 21.1 Å². The maximum atomic E-state index is 12.7. The van der Waals surface area contributed by atoms with Gasteiger partial charge in [0.2, 0.25) is 27.3 Å². The Morgan fingerprint density at radius 1 is 1.38 bits per heavy atom. The largest absolute Gasteiger partial charge is 0.456 e. The van der Waals surface area contributed by atoms with Crippen LogP contribution in [0.25, 0.3) is 0 Å². The van der Waals surface area contributed by atoms with E-state index in [1.165, 1.54) is 13.8 Å². The van der Waals surface area contributed by atoms with Gasteiger partial charge >= 0.3 is 5.97 Å². The zero-order valence-corrected chi connectivity index (χ0v) is 14.8. The van der Waals surface area contributed by atoms with Crippen molar-refractivity contribution in [3.8, 4) is 0 Å². The molecule has 0 fully saturated rings. The molecular formula is C15H16ClNO6S. The highest BCUT2D eigenvalue weighted by Crippen LogP contribution is 2.41. The quantitative estimate of drug-likeness (QED) is 0.790. The molecule has 2 rings (SSSR count). The van der Waals surface area contributed by atoms with Crippen molar-refractivity contribution in [3.63, 3.8) is 0 Å². The first-order chi connectivity index (χ1) is 11.1. The minimum Gasteiger partial charge on any atom is -0.456 e. The number of rotatable bonds is 5. The number of ketones is 1. The van der Waals surface area contributed by atoms with Gasteiger partial charge in [-0.2, -0.15) is 0 Å². The van der Waals surface area contributed by atoms with Crippen LogP contribution in [0.2, 0.25) is 5.02 Å². The molecule has 1 atom stereocenters. The summed E-state index contributed by atoms with van der Waals surface area (Å²) in [5.74, 6) is -2.66. The monoisotopic (exact) mass is 373 g/mol. The first-order valence-electron chi connectivity index (χ1n) is 7.02. The Morgan fingerprint density at radius 3 is 2.54 bits per heavy atom. The van der Waals surface area contributed by atoms with Crippen molar-refractivity contribution in [1.29, 1.82) is 0 Å². The molecule has 1 aliphatic heterocycles. The Morgan fingerprint density at radius 2 is 2.00 bits per heavy atom. The van der Waals surface area contributed by atoms with Crippen LogP contribution in [0.1, 0.15) is 26.3 Å². The predicted octanol–water partition coefficient (Wildman–Crippen LogP) is 1.83. The first kappa shape index (κ1) is 18.3. The van der Waals surface area contributed by atoms with Gasteiger partial charge in [-0.3, -0.25) is 14.3 Å². The summed E-state index contributed by atoms with van der Waals surface area (Å²) in [6.07, 6.45) is 0. The number of esters is 1. The van der Waals surface area contributed by atoms with Gasteiger partial charge in [0, 0.05) is 17.5 Å². The van der Waals surface area contributed by atoms with Gasteiger partial charge in [-0.15, -0.1) is 0 Å². The Labute approximate surface area is 144 Å². The zero-order valence-electron chi connectivity index (χ0n) is 13.3. The first-order valence-corrected chi connectivity index (χ1v) is 9.05. The van der Waals surface area contributed by atoms with Crippen LogP contribution in [0.3, 0.4) is 0 Å². The number of benzene rings is 1. The average Bonchev–Trinajstić information content (AvgIpc) is 2.72. The second-order valence-electron chi connectivity index (χ2n) is 5.20. The molecule has 9 heteroatoms. The Bertz CT molecular complexity index is 832. The highest BCUT2D eigenvalue weighted by atomic mass is 35.5. The number of sulfonamides is 1. The molecule has 1 aromatic carbocycles. The highest BCUT2D eigenvalue weighted by molar-refractivity contribution is 7.89. The number of carbonyl (C=O) groups is 2. The van der Waals surface area contributed by atoms with Gasteiger partial charge in [0.1, 0.15) is 0 Å². The van der Waals surface area contributed by atoms with Gasteiger partial charge in [-0.1, -0.05) is 29.8 Å². The molecule has 0 spiro atoms. The molecule has 0 aliphatic carbocycles. The fourth-order valence-electron chi connectivity index (χ4n) is 2.16. The van der Waals surface area contributed by atoms with Crippen LogP contribution in [0.4, 0.5) is 0 Å². The SMILES string of the molecule is CCS(=O)(=O)NC1=C(OC(C)=O)C(=O)C(C)(c2ccccc2Cl)O1. The van der Waals surface area contributed by atoms with Gasteiger partial charge < -0.3 is 9.47 Å². The molecule has 1 aromatic rings. The average molecular weight is 374 g/mol. The molecular weight excluding hydrogens is 358 g/mol. The lowest BCUT2D eigenvalue weighted by Crippen LogP contribution is -2.33. The second-order valence-corrected chi connectivity index (χ2v) is 7.62. The van der Waals surface area contributed by atoms with E-state index >= 15 is 0 Å². The number of halogens is 1. The fourth-order valence-corrected chi connectivity index (χ4v) is 3.04. The molecule has 1 unspecified atom stereocenters. The van der Waals surface area contributed by atoms with E-state index in [-0.39, 0.29) is 10.8 Å². The van der Waals surface area contributed by atoms with E-state index in [2.05, 4.69) is 4.72 Å². The van der Waals surface area contributed by atoms with Crippen LogP contribution in [-0.2, 0) is 34.7 Å². The van der Waals surface area contributed by atoms with Crippen molar-refractivity contribution in [1.82, 2.24) is 4.72 Å². The fraction of sp³-hybridized carbons (Fsp3) is 0.333. The van der Waals surface area contributed by atoms with Gasteiger partial charge in [0.05, 0.1) is 5.75 Å². The van der Waals surface area contributed by atoms with Crippen molar-refractivity contribution in [2.75, 3.05) is 5.75 Å². The Hall–Kier alpha value is -2.06. The third-order valence-electron chi connectivity index (χ3n) is 3.41. The van der Waals surface area contributed by atoms with Crippen LogP contribution < -0.4 is 4.72 Å². The zero-order chi connectivity index (χ0) is 18.1. The summed E-state index contributed by atoms with van der Waals surface area (Å²) in [6.45, 7) is 3.93.